The van der Waals surface area contributed by atoms with Gasteiger partial charge in [-0.3, -0.25) is 4.79 Å². The van der Waals surface area contributed by atoms with E-state index in [9.17, 15) is 9.90 Å². The highest BCUT2D eigenvalue weighted by atomic mass is 35.5. The summed E-state index contributed by atoms with van der Waals surface area (Å²) in [6, 6.07) is 13.0. The monoisotopic (exact) mass is 345 g/mol. The molecule has 0 spiro atoms. The summed E-state index contributed by atoms with van der Waals surface area (Å²) in [6.07, 6.45) is 1.28. The van der Waals surface area contributed by atoms with Gasteiger partial charge in [-0.25, -0.2) is 0 Å². The van der Waals surface area contributed by atoms with E-state index >= 15 is 0 Å². The summed E-state index contributed by atoms with van der Waals surface area (Å²) < 4.78 is 5.74. The van der Waals surface area contributed by atoms with E-state index in [1.807, 2.05) is 30.3 Å². The van der Waals surface area contributed by atoms with Gasteiger partial charge in [0.2, 0.25) is 0 Å². The molecule has 0 atom stereocenters. The smallest absolute Gasteiger partial charge is 0.192 e. The van der Waals surface area contributed by atoms with E-state index in [0.29, 0.717) is 23.1 Å². The summed E-state index contributed by atoms with van der Waals surface area (Å²) in [6.45, 7) is 2.10. The van der Waals surface area contributed by atoms with Gasteiger partial charge in [0, 0.05) is 25.7 Å². The summed E-state index contributed by atoms with van der Waals surface area (Å²) in [5.41, 5.74) is 1.74. The van der Waals surface area contributed by atoms with Crippen LogP contribution in [0.1, 0.15) is 21.5 Å². The number of halogens is 1. The summed E-state index contributed by atoms with van der Waals surface area (Å²) >= 11 is 5.96. The topological polar surface area (TPSA) is 49.8 Å². The Kier molecular flexibility index (Phi) is 5.88. The molecule has 24 heavy (non-hydrogen) atoms. The van der Waals surface area contributed by atoms with Crippen LogP contribution in [0.2, 0.25) is 0 Å². The van der Waals surface area contributed by atoms with Crippen molar-refractivity contribution in [2.75, 3.05) is 14.1 Å². The Morgan fingerprint density at radius 1 is 1.21 bits per heavy atom. The maximum absolute atomic E-state index is 12.2. The summed E-state index contributed by atoms with van der Waals surface area (Å²) in [5, 5.41) is 10.6. The molecule has 1 N–H and O–H groups in total. The second-order valence-electron chi connectivity index (χ2n) is 5.58. The molecular formula is C19H20ClNO3. The zero-order chi connectivity index (χ0) is 17.7. The Hall–Kier alpha value is -2.46. The van der Waals surface area contributed by atoms with Crippen molar-refractivity contribution in [1.82, 2.24) is 4.90 Å². The first-order chi connectivity index (χ1) is 11.4. The molecule has 126 valence electrons. The quantitative estimate of drug-likeness (QED) is 0.486. The first-order valence-electron chi connectivity index (χ1n) is 7.48. The predicted molar refractivity (Wildman–Crippen MR) is 95.6 cm³/mol. The number of nitrogens with zero attached hydrogens (tertiary/aromatic N) is 1. The third-order valence-corrected chi connectivity index (χ3v) is 4.01. The zero-order valence-electron chi connectivity index (χ0n) is 13.9. The van der Waals surface area contributed by atoms with Crippen molar-refractivity contribution >= 4 is 17.4 Å². The Morgan fingerprint density at radius 3 is 2.50 bits per heavy atom. The zero-order valence-corrected chi connectivity index (χ0v) is 14.7. The molecule has 0 amide bonds. The molecule has 0 aliphatic rings. The number of ether oxygens (including phenoxy) is 1. The van der Waals surface area contributed by atoms with E-state index in [2.05, 4.69) is 0 Å². The third kappa shape index (κ3) is 4.30. The lowest BCUT2D eigenvalue weighted by atomic mass is 10.0. The number of rotatable bonds is 6. The number of hydrogen-bond donors (Lipinski definition) is 1. The van der Waals surface area contributed by atoms with E-state index in [1.165, 1.54) is 6.08 Å². The lowest BCUT2D eigenvalue weighted by Crippen LogP contribution is -2.09. The number of phenols is 1. The van der Waals surface area contributed by atoms with Crippen LogP contribution in [-0.4, -0.2) is 29.9 Å². The lowest BCUT2D eigenvalue weighted by Gasteiger charge is -2.13. The molecule has 0 bridgehead atoms. The van der Waals surface area contributed by atoms with E-state index in [-0.39, 0.29) is 17.1 Å². The maximum atomic E-state index is 12.2. The minimum atomic E-state index is -0.357. The highest BCUT2D eigenvalue weighted by Gasteiger charge is 2.15. The van der Waals surface area contributed by atoms with E-state index in [4.69, 9.17) is 16.3 Å². The number of aromatic hydroxyl groups is 1. The maximum Gasteiger partial charge on any atom is 0.192 e. The van der Waals surface area contributed by atoms with Gasteiger partial charge >= 0.3 is 0 Å². The fourth-order valence-electron chi connectivity index (χ4n) is 2.09. The Labute approximate surface area is 146 Å². The van der Waals surface area contributed by atoms with Crippen molar-refractivity contribution in [1.29, 1.82) is 0 Å². The van der Waals surface area contributed by atoms with Crippen molar-refractivity contribution in [3.63, 3.8) is 0 Å². The highest BCUT2D eigenvalue weighted by Crippen LogP contribution is 2.31. The largest absolute Gasteiger partial charge is 0.507 e. The van der Waals surface area contributed by atoms with Gasteiger partial charge in [0.15, 0.2) is 5.78 Å². The highest BCUT2D eigenvalue weighted by molar-refractivity contribution is 6.31. The van der Waals surface area contributed by atoms with E-state index < -0.39 is 0 Å². The van der Waals surface area contributed by atoms with Crippen molar-refractivity contribution < 1.29 is 14.6 Å². The van der Waals surface area contributed by atoms with Crippen LogP contribution >= 0.6 is 11.6 Å². The van der Waals surface area contributed by atoms with Crippen molar-refractivity contribution in [3.05, 3.63) is 70.4 Å². The van der Waals surface area contributed by atoms with Gasteiger partial charge < -0.3 is 14.7 Å². The lowest BCUT2D eigenvalue weighted by molar-refractivity contribution is 0.104. The van der Waals surface area contributed by atoms with Gasteiger partial charge in [0.25, 0.3) is 0 Å². The molecular weight excluding hydrogens is 326 g/mol. The normalized spacial score (nSPS) is 11.2. The summed E-state index contributed by atoms with van der Waals surface area (Å²) in [5.74, 6) is 0.0875. The second kappa shape index (κ2) is 7.88. The van der Waals surface area contributed by atoms with Crippen molar-refractivity contribution in [2.45, 2.75) is 13.5 Å². The Balaban J connectivity index is 2.19. The molecule has 0 aliphatic heterocycles. The SMILES string of the molecule is Cc1c(OCc2ccccc2)ccc(C(=O)/C=C(\Cl)N(C)C)c1O. The summed E-state index contributed by atoms with van der Waals surface area (Å²) in [7, 11) is 3.47. The first-order valence-corrected chi connectivity index (χ1v) is 7.86. The molecule has 2 aromatic rings. The molecule has 4 nitrogen and oxygen atoms in total. The van der Waals surface area contributed by atoms with Gasteiger partial charge in [-0.15, -0.1) is 0 Å². The third-order valence-electron chi connectivity index (χ3n) is 3.56. The van der Waals surface area contributed by atoms with Gasteiger partial charge in [-0.2, -0.15) is 0 Å². The molecule has 2 aromatic carbocycles. The van der Waals surface area contributed by atoms with Crippen LogP contribution in [0, 0.1) is 6.92 Å². The summed E-state index contributed by atoms with van der Waals surface area (Å²) in [4.78, 5) is 13.8. The molecule has 0 heterocycles. The predicted octanol–water partition coefficient (Wildman–Crippen LogP) is 4.10. The minimum absolute atomic E-state index is 0.0926. The van der Waals surface area contributed by atoms with Gasteiger partial charge in [0.1, 0.15) is 23.3 Å². The Bertz CT molecular complexity index is 755. The molecule has 0 saturated carbocycles. The van der Waals surface area contributed by atoms with Crippen LogP contribution in [0.15, 0.2) is 53.7 Å². The van der Waals surface area contributed by atoms with Crippen LogP contribution in [0.3, 0.4) is 0 Å². The van der Waals surface area contributed by atoms with Crippen LogP contribution < -0.4 is 4.74 Å². The van der Waals surface area contributed by atoms with Crippen molar-refractivity contribution in [3.8, 4) is 11.5 Å². The average Bonchev–Trinajstić information content (AvgIpc) is 2.56. The fourth-order valence-corrected chi connectivity index (χ4v) is 2.19. The number of carbonyl (C=O) groups excluding carboxylic acids is 1. The molecule has 0 aromatic heterocycles. The second-order valence-corrected chi connectivity index (χ2v) is 5.97. The van der Waals surface area contributed by atoms with Crippen molar-refractivity contribution in [2.24, 2.45) is 0 Å². The fraction of sp³-hybridized carbons (Fsp3) is 0.211. The molecule has 5 heteroatoms. The number of ketones is 1. The Morgan fingerprint density at radius 2 is 1.88 bits per heavy atom. The standard InChI is InChI=1S/C19H20ClNO3/c1-13-17(24-12-14-7-5-4-6-8-14)10-9-15(19(13)23)16(22)11-18(20)21(2)3/h4-11,23H,12H2,1-3H3/b18-11+. The molecule has 0 unspecified atom stereocenters. The molecule has 0 radical (unpaired) electrons. The van der Waals surface area contributed by atoms with Gasteiger partial charge in [-0.05, 0) is 24.6 Å². The van der Waals surface area contributed by atoms with Crippen LogP contribution in [0.4, 0.5) is 0 Å². The van der Waals surface area contributed by atoms with Crippen LogP contribution in [-0.2, 0) is 6.61 Å². The number of benzene rings is 2. The molecule has 0 fully saturated rings. The number of phenolic OH excluding ortho intramolecular Hbond substituents is 1. The molecule has 0 aliphatic carbocycles. The minimum Gasteiger partial charge on any atom is -0.507 e. The molecule has 2 rings (SSSR count). The number of hydrogen-bond acceptors (Lipinski definition) is 4. The van der Waals surface area contributed by atoms with E-state index in [0.717, 1.165) is 5.56 Å². The van der Waals surface area contributed by atoms with Gasteiger partial charge in [0.05, 0.1) is 5.56 Å². The average molecular weight is 346 g/mol. The first kappa shape index (κ1) is 17.9. The van der Waals surface area contributed by atoms with E-state index in [1.54, 1.807) is 38.1 Å². The number of allylic oxidation sites excluding steroid dienone is 1. The van der Waals surface area contributed by atoms with Gasteiger partial charge in [-0.1, -0.05) is 41.9 Å². The van der Waals surface area contributed by atoms with Crippen LogP contribution in [0.5, 0.6) is 11.5 Å². The number of carbonyl (C=O) groups is 1. The van der Waals surface area contributed by atoms with Crippen LogP contribution in [0.25, 0.3) is 0 Å². The molecule has 0 saturated heterocycles.